The number of carbonyl (C=O) groups is 2. The highest BCUT2D eigenvalue weighted by molar-refractivity contribution is 8.00. The average molecular weight is 224 g/mol. The van der Waals surface area contributed by atoms with Crippen LogP contribution in [0.15, 0.2) is 35.2 Å². The molecule has 1 rings (SSSR count). The minimum Gasteiger partial charge on any atom is -0.458 e. The summed E-state index contributed by atoms with van der Waals surface area (Å²) in [4.78, 5) is 22.7. The zero-order valence-corrected chi connectivity index (χ0v) is 9.25. The fourth-order valence-corrected chi connectivity index (χ4v) is 1.66. The largest absolute Gasteiger partial charge is 0.458 e. The van der Waals surface area contributed by atoms with Crippen LogP contribution in [0.25, 0.3) is 0 Å². The summed E-state index contributed by atoms with van der Waals surface area (Å²) < 4.78 is 4.59. The first kappa shape index (κ1) is 11.8. The maximum atomic E-state index is 11.2. The van der Waals surface area contributed by atoms with E-state index in [1.54, 1.807) is 0 Å². The fourth-order valence-electron chi connectivity index (χ4n) is 0.904. The minimum atomic E-state index is -0.423. The summed E-state index contributed by atoms with van der Waals surface area (Å²) in [6, 6.07) is 9.62. The lowest BCUT2D eigenvalue weighted by molar-refractivity contribution is -0.145. The number of ether oxygens (including phenoxy) is 1. The number of esters is 1. The third kappa shape index (κ3) is 5.22. The zero-order chi connectivity index (χ0) is 11.1. The van der Waals surface area contributed by atoms with Crippen molar-refractivity contribution in [3.05, 3.63) is 30.3 Å². The van der Waals surface area contributed by atoms with Crippen molar-refractivity contribution in [2.24, 2.45) is 0 Å². The Labute approximate surface area is 92.8 Å². The van der Waals surface area contributed by atoms with E-state index in [-0.39, 0.29) is 12.4 Å². The molecule has 0 unspecified atom stereocenters. The number of benzene rings is 1. The van der Waals surface area contributed by atoms with Gasteiger partial charge in [-0.25, -0.2) is 0 Å². The van der Waals surface area contributed by atoms with Crippen molar-refractivity contribution in [1.29, 1.82) is 0 Å². The van der Waals surface area contributed by atoms with E-state index >= 15 is 0 Å². The van der Waals surface area contributed by atoms with Crippen molar-refractivity contribution in [1.82, 2.24) is 0 Å². The predicted octanol–water partition coefficient (Wildman–Crippen LogP) is 1.91. The number of carbonyl (C=O) groups excluding carboxylic acids is 2. The van der Waals surface area contributed by atoms with Gasteiger partial charge < -0.3 is 4.74 Å². The van der Waals surface area contributed by atoms with Gasteiger partial charge in [0.1, 0.15) is 0 Å². The van der Waals surface area contributed by atoms with Gasteiger partial charge in [-0.15, -0.1) is 11.8 Å². The van der Waals surface area contributed by atoms with Gasteiger partial charge in [0.2, 0.25) is 0 Å². The van der Waals surface area contributed by atoms with Gasteiger partial charge in [-0.1, -0.05) is 18.2 Å². The van der Waals surface area contributed by atoms with Crippen molar-refractivity contribution in [3.8, 4) is 0 Å². The quantitative estimate of drug-likeness (QED) is 0.566. The lowest BCUT2D eigenvalue weighted by atomic mass is 10.4. The van der Waals surface area contributed by atoms with Gasteiger partial charge in [0.15, 0.2) is 12.4 Å². The highest BCUT2D eigenvalue weighted by atomic mass is 32.2. The predicted molar refractivity (Wildman–Crippen MR) is 58.8 cm³/mol. The van der Waals surface area contributed by atoms with Crippen LogP contribution in [0.2, 0.25) is 0 Å². The lowest BCUT2D eigenvalue weighted by Crippen LogP contribution is -2.13. The number of ketones is 1. The summed E-state index contributed by atoms with van der Waals surface area (Å²) in [7, 11) is 0. The molecule has 0 amide bonds. The molecule has 0 saturated heterocycles. The van der Waals surface area contributed by atoms with E-state index in [1.165, 1.54) is 18.7 Å². The van der Waals surface area contributed by atoms with E-state index in [4.69, 9.17) is 0 Å². The molecule has 0 radical (unpaired) electrons. The molecule has 0 aliphatic heterocycles. The van der Waals surface area contributed by atoms with E-state index in [9.17, 15) is 9.59 Å². The molecule has 0 aliphatic rings. The number of thioether (sulfide) groups is 1. The van der Waals surface area contributed by atoms with Gasteiger partial charge in [-0.05, 0) is 12.1 Å². The van der Waals surface area contributed by atoms with Gasteiger partial charge in [-0.3, -0.25) is 9.59 Å². The number of hydrogen-bond acceptors (Lipinski definition) is 4. The number of rotatable bonds is 5. The molecule has 0 aliphatic carbocycles. The Bertz CT molecular complexity index is 335. The molecule has 0 aromatic heterocycles. The highest BCUT2D eigenvalue weighted by Gasteiger charge is 2.04. The molecular weight excluding hydrogens is 212 g/mol. The molecule has 0 N–H and O–H groups in total. The summed E-state index contributed by atoms with van der Waals surface area (Å²) >= 11 is 1.44. The fraction of sp³-hybridized carbons (Fsp3) is 0.273. The second kappa shape index (κ2) is 6.24. The second-order valence-corrected chi connectivity index (χ2v) is 3.97. The monoisotopic (exact) mass is 224 g/mol. The highest BCUT2D eigenvalue weighted by Crippen LogP contribution is 2.16. The van der Waals surface area contributed by atoms with Crippen LogP contribution in [-0.2, 0) is 14.3 Å². The van der Waals surface area contributed by atoms with E-state index < -0.39 is 5.97 Å². The number of Topliss-reactive ketones (excluding diaryl/α,β-unsaturated/α-hetero) is 1. The molecule has 1 aromatic carbocycles. The summed E-state index contributed by atoms with van der Waals surface area (Å²) in [5.74, 6) is -0.177. The summed E-state index contributed by atoms with van der Waals surface area (Å²) in [6.07, 6.45) is 0. The third-order valence-electron chi connectivity index (χ3n) is 1.58. The van der Waals surface area contributed by atoms with Gasteiger partial charge in [0, 0.05) is 11.8 Å². The van der Waals surface area contributed by atoms with Crippen molar-refractivity contribution in [3.63, 3.8) is 0 Å². The Balaban J connectivity index is 2.26. The normalized spacial score (nSPS) is 9.67. The first-order valence-electron chi connectivity index (χ1n) is 4.51. The first-order valence-corrected chi connectivity index (χ1v) is 5.50. The SMILES string of the molecule is CC(=O)OCC(=O)CSc1ccccc1. The molecule has 15 heavy (non-hydrogen) atoms. The topological polar surface area (TPSA) is 43.4 Å². The van der Waals surface area contributed by atoms with Crippen molar-refractivity contribution in [2.45, 2.75) is 11.8 Å². The molecule has 1 aromatic rings. The average Bonchev–Trinajstić information content (AvgIpc) is 2.25. The van der Waals surface area contributed by atoms with Crippen molar-refractivity contribution >= 4 is 23.5 Å². The van der Waals surface area contributed by atoms with E-state index in [0.717, 1.165) is 4.90 Å². The zero-order valence-electron chi connectivity index (χ0n) is 8.43. The Morgan fingerprint density at radius 1 is 1.27 bits per heavy atom. The molecule has 80 valence electrons. The summed E-state index contributed by atoms with van der Waals surface area (Å²) in [5, 5.41) is 0. The van der Waals surface area contributed by atoms with Crippen LogP contribution >= 0.6 is 11.8 Å². The van der Waals surface area contributed by atoms with Gasteiger partial charge in [-0.2, -0.15) is 0 Å². The molecule has 0 bridgehead atoms. The van der Waals surface area contributed by atoms with Crippen LogP contribution in [0.4, 0.5) is 0 Å². The molecule has 0 atom stereocenters. The van der Waals surface area contributed by atoms with Crippen LogP contribution in [0.3, 0.4) is 0 Å². The van der Waals surface area contributed by atoms with E-state index in [2.05, 4.69) is 4.74 Å². The van der Waals surface area contributed by atoms with Gasteiger partial charge >= 0.3 is 5.97 Å². The van der Waals surface area contributed by atoms with E-state index in [0.29, 0.717) is 5.75 Å². The van der Waals surface area contributed by atoms with Crippen molar-refractivity contribution < 1.29 is 14.3 Å². The Morgan fingerprint density at radius 2 is 1.93 bits per heavy atom. The van der Waals surface area contributed by atoms with Crippen LogP contribution in [0, 0.1) is 0 Å². The van der Waals surface area contributed by atoms with Gasteiger partial charge in [0.25, 0.3) is 0 Å². The molecule has 4 heteroatoms. The van der Waals surface area contributed by atoms with Crippen LogP contribution in [0.1, 0.15) is 6.92 Å². The van der Waals surface area contributed by atoms with E-state index in [1.807, 2.05) is 30.3 Å². The van der Waals surface area contributed by atoms with Crippen LogP contribution < -0.4 is 0 Å². The van der Waals surface area contributed by atoms with Crippen molar-refractivity contribution in [2.75, 3.05) is 12.4 Å². The Hall–Kier alpha value is -1.29. The Kier molecular flexibility index (Phi) is 4.90. The standard InChI is InChI=1S/C11H12O3S/c1-9(12)14-7-10(13)8-15-11-5-3-2-4-6-11/h2-6H,7-8H2,1H3. The maximum absolute atomic E-state index is 11.2. The number of hydrogen-bond donors (Lipinski definition) is 0. The molecular formula is C11H12O3S. The first-order chi connectivity index (χ1) is 7.18. The molecule has 0 spiro atoms. The summed E-state index contributed by atoms with van der Waals surface area (Å²) in [5.41, 5.74) is 0. The smallest absolute Gasteiger partial charge is 0.303 e. The molecule has 0 saturated carbocycles. The molecule has 0 heterocycles. The second-order valence-electron chi connectivity index (χ2n) is 2.92. The third-order valence-corrected chi connectivity index (χ3v) is 2.65. The minimum absolute atomic E-state index is 0.0842. The maximum Gasteiger partial charge on any atom is 0.303 e. The van der Waals surface area contributed by atoms with Crippen LogP contribution in [0.5, 0.6) is 0 Å². The Morgan fingerprint density at radius 3 is 2.53 bits per heavy atom. The molecule has 0 fully saturated rings. The molecule has 3 nitrogen and oxygen atoms in total. The summed E-state index contributed by atoms with van der Waals surface area (Å²) in [6.45, 7) is 1.16. The lowest BCUT2D eigenvalue weighted by Gasteiger charge is -2.01. The van der Waals surface area contributed by atoms with Crippen LogP contribution in [-0.4, -0.2) is 24.1 Å². The van der Waals surface area contributed by atoms with Gasteiger partial charge in [0.05, 0.1) is 5.75 Å².